The lowest BCUT2D eigenvalue weighted by Crippen LogP contribution is -2.06. The van der Waals surface area contributed by atoms with Crippen molar-refractivity contribution >= 4 is 17.5 Å². The first-order chi connectivity index (χ1) is 13.6. The zero-order valence-corrected chi connectivity index (χ0v) is 15.5. The molecule has 3 aromatic rings. The molecule has 0 radical (unpaired) electrons. The minimum atomic E-state index is -2.90. The Morgan fingerprint density at radius 3 is 2.54 bits per heavy atom. The summed E-state index contributed by atoms with van der Waals surface area (Å²) in [5, 5.41) is 8.97. The second-order valence-electron chi connectivity index (χ2n) is 5.56. The number of pyridine rings is 1. The van der Waals surface area contributed by atoms with Crippen molar-refractivity contribution in [3.63, 3.8) is 0 Å². The van der Waals surface area contributed by atoms with Gasteiger partial charge in [-0.1, -0.05) is 17.8 Å². The number of halogens is 2. The number of ketones is 1. The van der Waals surface area contributed by atoms with Gasteiger partial charge in [0.25, 0.3) is 0 Å². The molecule has 0 aliphatic rings. The zero-order chi connectivity index (χ0) is 19.9. The number of carbonyl (C=O) groups is 1. The van der Waals surface area contributed by atoms with E-state index in [-0.39, 0.29) is 17.3 Å². The Kier molecular flexibility index (Phi) is 6.49. The molecule has 9 heteroatoms. The molecule has 0 aliphatic carbocycles. The van der Waals surface area contributed by atoms with Crippen LogP contribution in [0.4, 0.5) is 8.78 Å². The third-order valence-corrected chi connectivity index (χ3v) is 4.67. The lowest BCUT2D eigenvalue weighted by molar-refractivity contribution is -0.0498. The number of rotatable bonds is 9. The summed E-state index contributed by atoms with van der Waals surface area (Å²) in [6, 6.07) is 9.24. The summed E-state index contributed by atoms with van der Waals surface area (Å²) >= 11 is 1.25. The predicted octanol–water partition coefficient (Wildman–Crippen LogP) is 4.10. The van der Waals surface area contributed by atoms with Crippen LogP contribution in [0.15, 0.2) is 66.6 Å². The van der Waals surface area contributed by atoms with Gasteiger partial charge in [0.15, 0.2) is 16.8 Å². The molecule has 144 valence electrons. The third kappa shape index (κ3) is 4.80. The quantitative estimate of drug-likeness (QED) is 0.305. The first-order valence-corrected chi connectivity index (χ1v) is 9.22. The number of alkyl halides is 2. The largest absolute Gasteiger partial charge is 0.435 e. The van der Waals surface area contributed by atoms with E-state index in [0.717, 1.165) is 5.56 Å². The maximum atomic E-state index is 12.4. The monoisotopic (exact) mass is 402 g/mol. The molecule has 3 rings (SSSR count). The van der Waals surface area contributed by atoms with Crippen LogP contribution >= 0.6 is 11.8 Å². The molecule has 1 aromatic carbocycles. The van der Waals surface area contributed by atoms with E-state index in [1.807, 2.05) is 16.7 Å². The summed E-state index contributed by atoms with van der Waals surface area (Å²) in [5.41, 5.74) is 1.26. The van der Waals surface area contributed by atoms with Gasteiger partial charge < -0.3 is 4.74 Å². The fourth-order valence-electron chi connectivity index (χ4n) is 2.44. The molecule has 0 spiro atoms. The molecule has 0 fully saturated rings. The van der Waals surface area contributed by atoms with E-state index in [1.165, 1.54) is 36.0 Å². The number of hydrogen-bond acceptors (Lipinski definition) is 6. The van der Waals surface area contributed by atoms with Crippen molar-refractivity contribution in [2.45, 2.75) is 18.3 Å². The molecule has 0 aliphatic heterocycles. The van der Waals surface area contributed by atoms with Crippen LogP contribution in [0.2, 0.25) is 0 Å². The first-order valence-electron chi connectivity index (χ1n) is 8.24. The number of nitrogens with zero attached hydrogens (tertiary/aromatic N) is 4. The summed E-state index contributed by atoms with van der Waals surface area (Å²) < 4.78 is 30.5. The van der Waals surface area contributed by atoms with Crippen molar-refractivity contribution < 1.29 is 18.3 Å². The Bertz CT molecular complexity index is 946. The van der Waals surface area contributed by atoms with Crippen LogP contribution in [0.3, 0.4) is 0 Å². The molecule has 0 bridgehead atoms. The Hall–Kier alpha value is -3.07. The van der Waals surface area contributed by atoms with Gasteiger partial charge in [-0.25, -0.2) is 0 Å². The van der Waals surface area contributed by atoms with Crippen molar-refractivity contribution in [3.8, 4) is 17.1 Å². The number of Topliss-reactive ketones (excluding diaryl/α,β-unsaturated/α-hetero) is 1. The minimum absolute atomic E-state index is 0.00641. The van der Waals surface area contributed by atoms with Gasteiger partial charge in [0.2, 0.25) is 0 Å². The summed E-state index contributed by atoms with van der Waals surface area (Å²) in [4.78, 5) is 16.4. The van der Waals surface area contributed by atoms with Crippen molar-refractivity contribution in [3.05, 3.63) is 67.0 Å². The molecule has 6 nitrogen and oxygen atoms in total. The average Bonchev–Trinajstić information content (AvgIpc) is 3.10. The van der Waals surface area contributed by atoms with Gasteiger partial charge in [-0.05, 0) is 36.4 Å². The van der Waals surface area contributed by atoms with Gasteiger partial charge in [0.05, 0.1) is 5.75 Å². The number of carbonyl (C=O) groups excluding carboxylic acids is 1. The maximum Gasteiger partial charge on any atom is 0.387 e. The molecule has 0 saturated carbocycles. The predicted molar refractivity (Wildman–Crippen MR) is 102 cm³/mol. The van der Waals surface area contributed by atoms with E-state index in [4.69, 9.17) is 0 Å². The normalized spacial score (nSPS) is 10.8. The molecule has 2 aromatic heterocycles. The number of benzene rings is 1. The number of aromatic nitrogens is 4. The second-order valence-corrected chi connectivity index (χ2v) is 6.50. The smallest absolute Gasteiger partial charge is 0.387 e. The average molecular weight is 402 g/mol. The maximum absolute atomic E-state index is 12.4. The molecule has 0 amide bonds. The summed E-state index contributed by atoms with van der Waals surface area (Å²) in [7, 11) is 0. The molecule has 28 heavy (non-hydrogen) atoms. The second kappa shape index (κ2) is 9.23. The van der Waals surface area contributed by atoms with E-state index < -0.39 is 6.61 Å². The van der Waals surface area contributed by atoms with Crippen molar-refractivity contribution in [1.29, 1.82) is 0 Å². The lowest BCUT2D eigenvalue weighted by atomic mass is 10.1. The molecule has 0 N–H and O–H groups in total. The fraction of sp³-hybridized carbons (Fsp3) is 0.158. The highest BCUT2D eigenvalue weighted by atomic mass is 32.2. The Morgan fingerprint density at radius 1 is 1.18 bits per heavy atom. The molecule has 0 atom stereocenters. The highest BCUT2D eigenvalue weighted by molar-refractivity contribution is 7.99. The molecular weight excluding hydrogens is 386 g/mol. The zero-order valence-electron chi connectivity index (χ0n) is 14.7. The molecule has 0 saturated heterocycles. The van der Waals surface area contributed by atoms with Crippen LogP contribution in [-0.2, 0) is 6.54 Å². The van der Waals surface area contributed by atoms with Gasteiger partial charge in [-0.2, -0.15) is 8.78 Å². The topological polar surface area (TPSA) is 69.9 Å². The van der Waals surface area contributed by atoms with Crippen LogP contribution < -0.4 is 4.74 Å². The number of ether oxygens (including phenoxy) is 1. The Balaban J connectivity index is 1.71. The van der Waals surface area contributed by atoms with E-state index in [1.54, 1.807) is 18.5 Å². The SMILES string of the molecule is C=CCn1c(SCC(=O)c2ccc(OC(F)F)cc2)nnc1-c1ccncc1. The minimum Gasteiger partial charge on any atom is -0.435 e. The van der Waals surface area contributed by atoms with Crippen molar-refractivity contribution in [1.82, 2.24) is 19.7 Å². The standard InChI is InChI=1S/C19H16F2N4O2S/c1-2-11-25-17(14-7-9-22-10-8-14)23-24-19(25)28-12-16(26)13-3-5-15(6-4-13)27-18(20)21/h2-10,18H,1,11-12H2. The van der Waals surface area contributed by atoms with Crippen LogP contribution in [0.1, 0.15) is 10.4 Å². The lowest BCUT2D eigenvalue weighted by Gasteiger charge is -2.08. The van der Waals surface area contributed by atoms with Crippen LogP contribution in [0.25, 0.3) is 11.4 Å². The third-order valence-electron chi connectivity index (χ3n) is 3.70. The van der Waals surface area contributed by atoms with E-state index in [0.29, 0.717) is 23.1 Å². The molecular formula is C19H16F2N4O2S. The van der Waals surface area contributed by atoms with Gasteiger partial charge in [0, 0.05) is 30.1 Å². The van der Waals surface area contributed by atoms with Gasteiger partial charge in [0.1, 0.15) is 5.75 Å². The van der Waals surface area contributed by atoms with Crippen molar-refractivity contribution in [2.24, 2.45) is 0 Å². The molecule has 0 unspecified atom stereocenters. The van der Waals surface area contributed by atoms with Crippen LogP contribution in [-0.4, -0.2) is 37.9 Å². The molecule has 2 heterocycles. The van der Waals surface area contributed by atoms with Gasteiger partial charge >= 0.3 is 6.61 Å². The Labute approximate surface area is 164 Å². The summed E-state index contributed by atoms with van der Waals surface area (Å²) in [6.45, 7) is 1.34. The van der Waals surface area contributed by atoms with Gasteiger partial charge in [-0.3, -0.25) is 14.3 Å². The Morgan fingerprint density at radius 2 is 1.89 bits per heavy atom. The van der Waals surface area contributed by atoms with Crippen LogP contribution in [0, 0.1) is 0 Å². The van der Waals surface area contributed by atoms with Crippen LogP contribution in [0.5, 0.6) is 5.75 Å². The highest BCUT2D eigenvalue weighted by Gasteiger charge is 2.16. The highest BCUT2D eigenvalue weighted by Crippen LogP contribution is 2.25. The van der Waals surface area contributed by atoms with E-state index >= 15 is 0 Å². The first kappa shape index (κ1) is 19.7. The van der Waals surface area contributed by atoms with Gasteiger partial charge in [-0.15, -0.1) is 16.8 Å². The van der Waals surface area contributed by atoms with E-state index in [9.17, 15) is 13.6 Å². The number of allylic oxidation sites excluding steroid dienone is 1. The number of hydrogen-bond donors (Lipinski definition) is 0. The number of thioether (sulfide) groups is 1. The van der Waals surface area contributed by atoms with Crippen molar-refractivity contribution in [2.75, 3.05) is 5.75 Å². The summed E-state index contributed by atoms with van der Waals surface area (Å²) in [5.74, 6) is 0.630. The fourth-order valence-corrected chi connectivity index (χ4v) is 3.28. The van der Waals surface area contributed by atoms with E-state index in [2.05, 4.69) is 26.5 Å². The summed E-state index contributed by atoms with van der Waals surface area (Å²) in [6.07, 6.45) is 5.06.